The first-order valence-electron chi connectivity index (χ1n) is 11.0. The van der Waals surface area contributed by atoms with Crippen LogP contribution in [0.2, 0.25) is 10.0 Å². The zero-order valence-electron chi connectivity index (χ0n) is 19.8. The van der Waals surface area contributed by atoms with Crippen LogP contribution < -0.4 is 9.62 Å². The Morgan fingerprint density at radius 1 is 1.09 bits per heavy atom. The van der Waals surface area contributed by atoms with Crippen molar-refractivity contribution in [2.45, 2.75) is 46.2 Å². The molecular weight excluding hydrogens is 497 g/mol. The van der Waals surface area contributed by atoms with Crippen LogP contribution in [0.5, 0.6) is 0 Å². The molecule has 2 aromatic carbocycles. The van der Waals surface area contributed by atoms with Gasteiger partial charge in [-0.25, -0.2) is 8.42 Å². The summed E-state index contributed by atoms with van der Waals surface area (Å²) in [6.45, 7) is 5.80. The molecule has 10 heteroatoms. The van der Waals surface area contributed by atoms with E-state index in [-0.39, 0.29) is 28.2 Å². The number of hydrogen-bond acceptors (Lipinski definition) is 4. The molecular formula is C24H31Cl2N3O4S. The minimum absolute atomic E-state index is 0.0281. The Kier molecular flexibility index (Phi) is 10.2. The van der Waals surface area contributed by atoms with Gasteiger partial charge in [0.2, 0.25) is 21.8 Å². The second kappa shape index (κ2) is 12.4. The summed E-state index contributed by atoms with van der Waals surface area (Å²) in [7, 11) is -3.89. The van der Waals surface area contributed by atoms with Gasteiger partial charge in [-0.3, -0.25) is 13.9 Å². The molecule has 0 aliphatic rings. The molecule has 0 aliphatic heterocycles. The van der Waals surface area contributed by atoms with Gasteiger partial charge in [0.1, 0.15) is 12.6 Å². The van der Waals surface area contributed by atoms with Crippen molar-refractivity contribution in [2.24, 2.45) is 0 Å². The van der Waals surface area contributed by atoms with Crippen LogP contribution >= 0.6 is 23.2 Å². The third-order valence-corrected chi connectivity index (χ3v) is 7.19. The third-order valence-electron chi connectivity index (χ3n) is 5.25. The molecule has 0 radical (unpaired) electrons. The van der Waals surface area contributed by atoms with Crippen molar-refractivity contribution < 1.29 is 18.0 Å². The van der Waals surface area contributed by atoms with Crippen LogP contribution in [0.3, 0.4) is 0 Å². The summed E-state index contributed by atoms with van der Waals surface area (Å²) in [5, 5.41) is 3.04. The number of amides is 2. The van der Waals surface area contributed by atoms with E-state index in [1.807, 2.05) is 45.0 Å². The van der Waals surface area contributed by atoms with E-state index < -0.39 is 28.5 Å². The van der Waals surface area contributed by atoms with Gasteiger partial charge in [-0.05, 0) is 37.5 Å². The highest BCUT2D eigenvalue weighted by Gasteiger charge is 2.32. The van der Waals surface area contributed by atoms with Gasteiger partial charge >= 0.3 is 0 Å². The van der Waals surface area contributed by atoms with Gasteiger partial charge in [0.05, 0.1) is 22.0 Å². The third kappa shape index (κ3) is 7.35. The van der Waals surface area contributed by atoms with Gasteiger partial charge in [0, 0.05) is 13.1 Å². The van der Waals surface area contributed by atoms with Crippen molar-refractivity contribution in [2.75, 3.05) is 23.7 Å². The van der Waals surface area contributed by atoms with Crippen LogP contribution in [0, 0.1) is 6.92 Å². The lowest BCUT2D eigenvalue weighted by Crippen LogP contribution is -2.52. The molecule has 0 saturated heterocycles. The number of sulfonamides is 1. The lowest BCUT2D eigenvalue weighted by Gasteiger charge is -2.33. The molecule has 0 fully saturated rings. The molecule has 2 amide bonds. The Morgan fingerprint density at radius 3 is 2.35 bits per heavy atom. The lowest BCUT2D eigenvalue weighted by atomic mass is 10.1. The van der Waals surface area contributed by atoms with Gasteiger partial charge in [-0.1, -0.05) is 72.9 Å². The summed E-state index contributed by atoms with van der Waals surface area (Å²) in [4.78, 5) is 27.9. The topological polar surface area (TPSA) is 86.8 Å². The number of benzene rings is 2. The van der Waals surface area contributed by atoms with E-state index in [2.05, 4.69) is 5.32 Å². The first kappa shape index (κ1) is 28.0. The highest BCUT2D eigenvalue weighted by atomic mass is 35.5. The Morgan fingerprint density at radius 2 is 1.76 bits per heavy atom. The minimum atomic E-state index is -3.89. The largest absolute Gasteiger partial charge is 0.354 e. The van der Waals surface area contributed by atoms with E-state index in [0.717, 1.165) is 28.1 Å². The molecule has 2 aromatic rings. The van der Waals surface area contributed by atoms with E-state index in [1.54, 1.807) is 6.07 Å². The Balaban J connectivity index is 2.47. The molecule has 2 rings (SSSR count). The number of nitrogens with zero attached hydrogens (tertiary/aromatic N) is 2. The normalized spacial score (nSPS) is 12.2. The fourth-order valence-electron chi connectivity index (χ4n) is 3.57. The van der Waals surface area contributed by atoms with E-state index >= 15 is 0 Å². The summed E-state index contributed by atoms with van der Waals surface area (Å²) < 4.78 is 26.2. The van der Waals surface area contributed by atoms with E-state index in [4.69, 9.17) is 23.2 Å². The highest BCUT2D eigenvalue weighted by Crippen LogP contribution is 2.33. The second-order valence-corrected chi connectivity index (χ2v) is 10.8. The monoisotopic (exact) mass is 527 g/mol. The van der Waals surface area contributed by atoms with E-state index in [9.17, 15) is 18.0 Å². The van der Waals surface area contributed by atoms with Crippen molar-refractivity contribution in [1.82, 2.24) is 10.2 Å². The van der Waals surface area contributed by atoms with Crippen LogP contribution in [0.15, 0.2) is 42.5 Å². The van der Waals surface area contributed by atoms with Crippen molar-refractivity contribution in [1.29, 1.82) is 0 Å². The molecule has 0 saturated carbocycles. The zero-order chi connectivity index (χ0) is 25.5. The number of aryl methyl sites for hydroxylation is 1. The van der Waals surface area contributed by atoms with E-state index in [1.165, 1.54) is 17.0 Å². The first-order chi connectivity index (χ1) is 16.0. The van der Waals surface area contributed by atoms with Crippen molar-refractivity contribution >= 4 is 50.7 Å². The maximum Gasteiger partial charge on any atom is 0.244 e. The number of nitrogens with one attached hydrogen (secondary N) is 1. The standard InChI is InChI=1S/C24H31Cl2N3O4S/c1-5-13-27-24(31)20(6-2)28(15-18-10-7-9-17(3)14-18)22(30)16-29(34(4,32)33)21-12-8-11-19(25)23(21)26/h7-12,14,20H,5-6,13,15-16H2,1-4H3,(H,27,31)/t20-/m1/s1. The molecule has 1 N–H and O–H groups in total. The van der Waals surface area contributed by atoms with Crippen LogP contribution in [0.25, 0.3) is 0 Å². The fraction of sp³-hybridized carbons (Fsp3) is 0.417. The molecule has 0 heterocycles. The average molecular weight is 529 g/mol. The Bertz CT molecular complexity index is 1120. The molecule has 1 atom stereocenters. The smallest absolute Gasteiger partial charge is 0.244 e. The fourth-order valence-corrected chi connectivity index (χ4v) is 4.87. The minimum Gasteiger partial charge on any atom is -0.354 e. The SMILES string of the molecule is CCCNC(=O)[C@@H](CC)N(Cc1cccc(C)c1)C(=O)CN(c1cccc(Cl)c1Cl)S(C)(=O)=O. The highest BCUT2D eigenvalue weighted by molar-refractivity contribution is 7.92. The predicted octanol–water partition coefficient (Wildman–Crippen LogP) is 4.40. The number of anilines is 1. The molecule has 186 valence electrons. The Hall–Kier alpha value is -2.29. The maximum absolute atomic E-state index is 13.6. The van der Waals surface area contributed by atoms with Crippen LogP contribution in [-0.4, -0.2) is 50.5 Å². The van der Waals surface area contributed by atoms with Crippen LogP contribution in [0.4, 0.5) is 5.69 Å². The summed E-state index contributed by atoms with van der Waals surface area (Å²) >= 11 is 12.4. The summed E-state index contributed by atoms with van der Waals surface area (Å²) in [6, 6.07) is 11.4. The average Bonchev–Trinajstić information content (AvgIpc) is 2.77. The Labute approximate surface area is 212 Å². The molecule has 0 aliphatic carbocycles. The van der Waals surface area contributed by atoms with Gasteiger partial charge in [0.25, 0.3) is 0 Å². The molecule has 0 bridgehead atoms. The number of carbonyl (C=O) groups is 2. The zero-order valence-corrected chi connectivity index (χ0v) is 22.2. The summed E-state index contributed by atoms with van der Waals surface area (Å²) in [5.74, 6) is -0.807. The quantitative estimate of drug-likeness (QED) is 0.469. The van der Waals surface area contributed by atoms with Gasteiger partial charge in [-0.2, -0.15) is 0 Å². The van der Waals surface area contributed by atoms with Gasteiger partial charge < -0.3 is 10.2 Å². The second-order valence-electron chi connectivity index (χ2n) is 8.07. The van der Waals surface area contributed by atoms with Crippen molar-refractivity contribution in [3.8, 4) is 0 Å². The summed E-state index contributed by atoms with van der Waals surface area (Å²) in [6.07, 6.45) is 2.11. The number of rotatable bonds is 11. The molecule has 7 nitrogen and oxygen atoms in total. The van der Waals surface area contributed by atoms with Crippen molar-refractivity contribution in [3.63, 3.8) is 0 Å². The molecule has 0 aromatic heterocycles. The molecule has 34 heavy (non-hydrogen) atoms. The van der Waals surface area contributed by atoms with Gasteiger partial charge in [0.15, 0.2) is 0 Å². The number of halogens is 2. The predicted molar refractivity (Wildman–Crippen MR) is 138 cm³/mol. The van der Waals surface area contributed by atoms with Crippen molar-refractivity contribution in [3.05, 3.63) is 63.6 Å². The van der Waals surface area contributed by atoms with Gasteiger partial charge in [-0.15, -0.1) is 0 Å². The molecule has 0 unspecified atom stereocenters. The maximum atomic E-state index is 13.6. The lowest BCUT2D eigenvalue weighted by molar-refractivity contribution is -0.140. The van der Waals surface area contributed by atoms with Crippen LogP contribution in [-0.2, 0) is 26.2 Å². The number of carbonyl (C=O) groups excluding carboxylic acids is 2. The molecule has 0 spiro atoms. The summed E-state index contributed by atoms with van der Waals surface area (Å²) in [5.41, 5.74) is 1.95. The van der Waals surface area contributed by atoms with E-state index in [0.29, 0.717) is 13.0 Å². The number of hydrogen-bond donors (Lipinski definition) is 1. The first-order valence-corrected chi connectivity index (χ1v) is 13.6. The van der Waals surface area contributed by atoms with Crippen LogP contribution in [0.1, 0.15) is 37.8 Å².